The van der Waals surface area contributed by atoms with Crippen LogP contribution in [0.25, 0.3) is 0 Å². The Hall–Kier alpha value is -1.89. The molecule has 84 valence electrons. The van der Waals surface area contributed by atoms with Gasteiger partial charge in [0.25, 0.3) is 5.91 Å². The first-order valence-corrected chi connectivity index (χ1v) is 5.55. The Balaban J connectivity index is 2.05. The van der Waals surface area contributed by atoms with Crippen LogP contribution in [0.2, 0.25) is 0 Å². The molecule has 0 aromatic carbocycles. The van der Waals surface area contributed by atoms with E-state index in [0.717, 1.165) is 5.56 Å². The van der Waals surface area contributed by atoms with Gasteiger partial charge in [-0.25, -0.2) is 0 Å². The average molecular weight is 237 g/mol. The number of hydrogen-bond donors (Lipinski definition) is 2. The third-order valence-electron chi connectivity index (χ3n) is 2.05. The van der Waals surface area contributed by atoms with Crippen LogP contribution in [0.3, 0.4) is 0 Å². The van der Waals surface area contributed by atoms with Gasteiger partial charge in [0.05, 0.1) is 0 Å². The zero-order valence-corrected chi connectivity index (χ0v) is 9.49. The predicted molar refractivity (Wildman–Crippen MR) is 60.9 cm³/mol. The van der Waals surface area contributed by atoms with Crippen molar-refractivity contribution in [2.75, 3.05) is 12.8 Å². The highest BCUT2D eigenvalue weighted by molar-refractivity contribution is 7.07. The lowest BCUT2D eigenvalue weighted by Crippen LogP contribution is -2.27. The molecule has 0 aliphatic rings. The van der Waals surface area contributed by atoms with Gasteiger partial charge in [-0.05, 0) is 22.4 Å². The van der Waals surface area contributed by atoms with E-state index in [1.54, 1.807) is 23.3 Å². The number of thiophene rings is 1. The summed E-state index contributed by atoms with van der Waals surface area (Å²) >= 11 is 1.60. The molecule has 2 rings (SSSR count). The predicted octanol–water partition coefficient (Wildman–Crippen LogP) is 0.721. The van der Waals surface area contributed by atoms with Gasteiger partial charge < -0.3 is 10.6 Å². The Morgan fingerprint density at radius 1 is 1.69 bits per heavy atom. The third kappa shape index (κ3) is 2.19. The number of aromatic nitrogens is 3. The minimum Gasteiger partial charge on any atom is -0.366 e. The van der Waals surface area contributed by atoms with Gasteiger partial charge in [0, 0.05) is 13.6 Å². The van der Waals surface area contributed by atoms with Gasteiger partial charge in [0.1, 0.15) is 0 Å². The van der Waals surface area contributed by atoms with Gasteiger partial charge in [0.2, 0.25) is 11.8 Å². The standard InChI is InChI=1S/C9H11N5OS/c1-14(4-6-2-3-16-5-6)8(15)7-11-9(10)13-12-7/h2-3,5H,4H2,1H3,(H3,10,11,12,13). The quantitative estimate of drug-likeness (QED) is 0.823. The van der Waals surface area contributed by atoms with Crippen LogP contribution in [0.4, 0.5) is 5.95 Å². The molecule has 0 spiro atoms. The molecule has 0 aliphatic carbocycles. The number of nitrogen functional groups attached to an aromatic ring is 1. The van der Waals surface area contributed by atoms with Gasteiger partial charge in [-0.1, -0.05) is 0 Å². The fraction of sp³-hybridized carbons (Fsp3) is 0.222. The normalized spacial score (nSPS) is 10.3. The second-order valence-electron chi connectivity index (χ2n) is 3.34. The van der Waals surface area contributed by atoms with Crippen molar-refractivity contribution in [2.45, 2.75) is 6.54 Å². The monoisotopic (exact) mass is 237 g/mol. The summed E-state index contributed by atoms with van der Waals surface area (Å²) in [6.45, 7) is 0.545. The summed E-state index contributed by atoms with van der Waals surface area (Å²) in [6, 6.07) is 1.98. The lowest BCUT2D eigenvalue weighted by Gasteiger charge is -2.14. The van der Waals surface area contributed by atoms with Crippen LogP contribution in [0.1, 0.15) is 16.2 Å². The first-order valence-electron chi connectivity index (χ1n) is 4.61. The maximum atomic E-state index is 11.8. The van der Waals surface area contributed by atoms with E-state index in [0.29, 0.717) is 6.54 Å². The van der Waals surface area contributed by atoms with Crippen LogP contribution in [-0.2, 0) is 6.54 Å². The van der Waals surface area contributed by atoms with Gasteiger partial charge in [0.15, 0.2) is 0 Å². The zero-order valence-electron chi connectivity index (χ0n) is 8.67. The number of carbonyl (C=O) groups is 1. The molecule has 2 heterocycles. The number of H-pyrrole nitrogens is 1. The highest BCUT2D eigenvalue weighted by Crippen LogP contribution is 2.09. The molecule has 6 nitrogen and oxygen atoms in total. The molecule has 7 heteroatoms. The van der Waals surface area contributed by atoms with Gasteiger partial charge >= 0.3 is 0 Å². The molecule has 0 unspecified atom stereocenters. The lowest BCUT2D eigenvalue weighted by atomic mass is 10.3. The van der Waals surface area contributed by atoms with E-state index in [-0.39, 0.29) is 17.7 Å². The fourth-order valence-electron chi connectivity index (χ4n) is 1.28. The molecule has 0 bridgehead atoms. The van der Waals surface area contributed by atoms with Crippen LogP contribution in [0.5, 0.6) is 0 Å². The minimum atomic E-state index is -0.226. The van der Waals surface area contributed by atoms with Crippen molar-refractivity contribution in [3.63, 3.8) is 0 Å². The largest absolute Gasteiger partial charge is 0.366 e. The average Bonchev–Trinajstić information content (AvgIpc) is 2.88. The molecule has 0 saturated carbocycles. The van der Waals surface area contributed by atoms with Gasteiger partial charge in [-0.3, -0.25) is 9.89 Å². The van der Waals surface area contributed by atoms with E-state index in [1.165, 1.54) is 0 Å². The summed E-state index contributed by atoms with van der Waals surface area (Å²) in [5.41, 5.74) is 6.42. The lowest BCUT2D eigenvalue weighted by molar-refractivity contribution is 0.0773. The summed E-state index contributed by atoms with van der Waals surface area (Å²) in [7, 11) is 1.71. The SMILES string of the molecule is CN(Cc1ccsc1)C(=O)c1nc(N)n[nH]1. The van der Waals surface area contributed by atoms with E-state index in [4.69, 9.17) is 5.73 Å². The maximum Gasteiger partial charge on any atom is 0.291 e. The van der Waals surface area contributed by atoms with E-state index < -0.39 is 0 Å². The van der Waals surface area contributed by atoms with Crippen molar-refractivity contribution in [2.24, 2.45) is 0 Å². The molecule has 2 aromatic heterocycles. The molecular formula is C9H11N5OS. The fourth-order valence-corrected chi connectivity index (χ4v) is 1.94. The molecule has 0 radical (unpaired) electrons. The van der Waals surface area contributed by atoms with Crippen molar-refractivity contribution in [1.82, 2.24) is 20.1 Å². The molecule has 0 saturated heterocycles. The number of hydrogen-bond acceptors (Lipinski definition) is 5. The van der Waals surface area contributed by atoms with Gasteiger partial charge in [-0.15, -0.1) is 5.10 Å². The van der Waals surface area contributed by atoms with Crippen molar-refractivity contribution in [1.29, 1.82) is 0 Å². The summed E-state index contributed by atoms with van der Waals surface area (Å²) in [5, 5.41) is 10.1. The van der Waals surface area contributed by atoms with Crippen molar-refractivity contribution < 1.29 is 4.79 Å². The summed E-state index contributed by atoms with van der Waals surface area (Å²) in [5.74, 6) is 0.0120. The number of anilines is 1. The molecule has 0 atom stereocenters. The molecular weight excluding hydrogens is 226 g/mol. The number of amides is 1. The molecule has 0 aliphatic heterocycles. The molecule has 16 heavy (non-hydrogen) atoms. The van der Waals surface area contributed by atoms with E-state index >= 15 is 0 Å². The highest BCUT2D eigenvalue weighted by atomic mass is 32.1. The van der Waals surface area contributed by atoms with Crippen molar-refractivity contribution in [3.8, 4) is 0 Å². The first kappa shape index (κ1) is 10.6. The number of nitrogens with zero attached hydrogens (tertiary/aromatic N) is 3. The summed E-state index contributed by atoms with van der Waals surface area (Å²) in [6.07, 6.45) is 0. The number of aromatic amines is 1. The summed E-state index contributed by atoms with van der Waals surface area (Å²) in [4.78, 5) is 17.2. The Labute approximate surface area is 96.1 Å². The highest BCUT2D eigenvalue weighted by Gasteiger charge is 2.15. The van der Waals surface area contributed by atoms with Crippen LogP contribution in [0, 0.1) is 0 Å². The van der Waals surface area contributed by atoms with Crippen molar-refractivity contribution >= 4 is 23.2 Å². The minimum absolute atomic E-state index is 0.0762. The summed E-state index contributed by atoms with van der Waals surface area (Å²) < 4.78 is 0. The number of carbonyl (C=O) groups excluding carboxylic acids is 1. The number of nitrogens with one attached hydrogen (secondary N) is 1. The second-order valence-corrected chi connectivity index (χ2v) is 4.12. The zero-order chi connectivity index (χ0) is 11.5. The Morgan fingerprint density at radius 3 is 3.06 bits per heavy atom. The van der Waals surface area contributed by atoms with Crippen LogP contribution >= 0.6 is 11.3 Å². The van der Waals surface area contributed by atoms with E-state index in [1.807, 2.05) is 16.8 Å². The number of rotatable bonds is 3. The van der Waals surface area contributed by atoms with E-state index in [2.05, 4.69) is 15.2 Å². The molecule has 0 fully saturated rings. The third-order valence-corrected chi connectivity index (χ3v) is 2.78. The molecule has 2 aromatic rings. The molecule has 1 amide bonds. The molecule has 3 N–H and O–H groups in total. The van der Waals surface area contributed by atoms with Gasteiger partial charge in [-0.2, -0.15) is 16.3 Å². The Bertz CT molecular complexity index is 478. The smallest absolute Gasteiger partial charge is 0.291 e. The second kappa shape index (κ2) is 4.31. The van der Waals surface area contributed by atoms with E-state index in [9.17, 15) is 4.79 Å². The van der Waals surface area contributed by atoms with Crippen LogP contribution < -0.4 is 5.73 Å². The Morgan fingerprint density at radius 2 is 2.50 bits per heavy atom. The maximum absolute atomic E-state index is 11.8. The topological polar surface area (TPSA) is 87.9 Å². The van der Waals surface area contributed by atoms with Crippen LogP contribution in [0.15, 0.2) is 16.8 Å². The van der Waals surface area contributed by atoms with Crippen LogP contribution in [-0.4, -0.2) is 33.0 Å². The number of nitrogens with two attached hydrogens (primary N) is 1. The Kier molecular flexibility index (Phi) is 2.86. The first-order chi connectivity index (χ1) is 7.66. The van der Waals surface area contributed by atoms with Crippen molar-refractivity contribution in [3.05, 3.63) is 28.2 Å².